The third-order valence-corrected chi connectivity index (χ3v) is 4.67. The van der Waals surface area contributed by atoms with Gasteiger partial charge in [0.05, 0.1) is 0 Å². The van der Waals surface area contributed by atoms with Crippen LogP contribution in [0.4, 0.5) is 0 Å². The topological polar surface area (TPSA) is 0 Å². The molecule has 0 amide bonds. The van der Waals surface area contributed by atoms with E-state index in [1.165, 1.54) is 25.7 Å². The minimum Gasteiger partial charge on any atom is -0.0776 e. The van der Waals surface area contributed by atoms with Crippen LogP contribution in [-0.4, -0.2) is 0 Å². The number of hydrogen-bond acceptors (Lipinski definition) is 0. The summed E-state index contributed by atoms with van der Waals surface area (Å²) in [5.41, 5.74) is 0.835. The highest BCUT2D eigenvalue weighted by atomic mass is 14.5. The molecule has 0 aromatic heterocycles. The van der Waals surface area contributed by atoms with Gasteiger partial charge in [0.25, 0.3) is 0 Å². The van der Waals surface area contributed by atoms with Crippen LogP contribution in [0.3, 0.4) is 0 Å². The van der Waals surface area contributed by atoms with E-state index in [0.29, 0.717) is 0 Å². The Balaban J connectivity index is 0. The molecule has 2 aliphatic rings. The Bertz CT molecular complexity index is 164. The summed E-state index contributed by atoms with van der Waals surface area (Å²) in [6.45, 7) is 11.2. The molecule has 2 aliphatic carbocycles. The van der Waals surface area contributed by atoms with E-state index >= 15 is 0 Å². The summed E-state index contributed by atoms with van der Waals surface area (Å²) in [5, 5.41) is 0. The minimum absolute atomic E-state index is 0. The number of rotatable bonds is 1. The maximum absolute atomic E-state index is 2.42. The fraction of sp³-hybridized carbons (Fsp3) is 1.00. The molecule has 0 aromatic rings. The first kappa shape index (κ1) is 19.3. The molecule has 1 spiro atoms. The molecule has 2 fully saturated rings. The van der Waals surface area contributed by atoms with Crippen molar-refractivity contribution in [3.05, 3.63) is 0 Å². The van der Waals surface area contributed by atoms with Gasteiger partial charge in [-0.15, -0.1) is 0 Å². The largest absolute Gasteiger partial charge is 0.0776 e. The first-order valence-electron chi connectivity index (χ1n) is 7.11. The van der Waals surface area contributed by atoms with E-state index in [0.717, 1.165) is 23.2 Å². The second-order valence-electron chi connectivity index (χ2n) is 6.09. The molecule has 0 heteroatoms. The fourth-order valence-corrected chi connectivity index (χ4v) is 3.31. The number of hydrogen-bond donors (Lipinski definition) is 0. The molecule has 0 radical (unpaired) electrons. The van der Waals surface area contributed by atoms with Gasteiger partial charge in [0.15, 0.2) is 0 Å². The first-order chi connectivity index (χ1) is 7.11. The van der Waals surface area contributed by atoms with Crippen LogP contribution in [0.5, 0.6) is 0 Å². The van der Waals surface area contributed by atoms with Crippen molar-refractivity contribution < 1.29 is 0 Å². The fourth-order valence-electron chi connectivity index (χ4n) is 3.31. The zero-order chi connectivity index (χ0) is 11.5. The average Bonchev–Trinajstić information content (AvgIpc) is 2.19. The Hall–Kier alpha value is 0. The predicted molar refractivity (Wildman–Crippen MR) is 82.4 cm³/mol. The van der Waals surface area contributed by atoms with E-state index in [-0.39, 0.29) is 14.9 Å². The molecule has 0 saturated heterocycles. The summed E-state index contributed by atoms with van der Waals surface area (Å²) >= 11 is 0. The molecule has 0 unspecified atom stereocenters. The molecule has 0 N–H and O–H groups in total. The van der Waals surface area contributed by atoms with Crippen molar-refractivity contribution in [1.29, 1.82) is 0 Å². The van der Waals surface area contributed by atoms with Crippen LogP contribution < -0.4 is 0 Å². The van der Waals surface area contributed by atoms with E-state index in [9.17, 15) is 0 Å². The van der Waals surface area contributed by atoms with Gasteiger partial charge in [-0.2, -0.15) is 0 Å². The highest BCUT2D eigenvalue weighted by Gasteiger charge is 2.45. The van der Waals surface area contributed by atoms with E-state index in [2.05, 4.69) is 20.8 Å². The Labute approximate surface area is 112 Å². The monoisotopic (exact) mass is 242 g/mol. The summed E-state index contributed by atoms with van der Waals surface area (Å²) < 4.78 is 0. The van der Waals surface area contributed by atoms with E-state index in [4.69, 9.17) is 0 Å². The standard InChI is InChI=1S/C13H24.C2H6.2CH4/c1-10(2)12-8-13(9-12)6-4-11(3)5-7-13;1-2;;/h10-12H,4-9H2,1-3H3;1-2H3;2*1H4. The maximum atomic E-state index is 2.42. The van der Waals surface area contributed by atoms with E-state index in [1.807, 2.05) is 13.8 Å². The Morgan fingerprint density at radius 3 is 1.71 bits per heavy atom. The van der Waals surface area contributed by atoms with Gasteiger partial charge in [-0.25, -0.2) is 0 Å². The summed E-state index contributed by atoms with van der Waals surface area (Å²) in [7, 11) is 0. The summed E-state index contributed by atoms with van der Waals surface area (Å²) in [5.74, 6) is 3.02. The Morgan fingerprint density at radius 1 is 0.941 bits per heavy atom. The molecule has 17 heavy (non-hydrogen) atoms. The molecule has 106 valence electrons. The van der Waals surface area contributed by atoms with E-state index < -0.39 is 0 Å². The summed E-state index contributed by atoms with van der Waals surface area (Å²) in [4.78, 5) is 0. The van der Waals surface area contributed by atoms with Gasteiger partial charge >= 0.3 is 0 Å². The van der Waals surface area contributed by atoms with Crippen molar-refractivity contribution in [2.24, 2.45) is 23.2 Å². The molecule has 0 bridgehead atoms. The van der Waals surface area contributed by atoms with Crippen LogP contribution in [0.2, 0.25) is 0 Å². The quantitative estimate of drug-likeness (QED) is 0.489. The summed E-state index contributed by atoms with van der Waals surface area (Å²) in [6, 6.07) is 0. The second kappa shape index (κ2) is 8.16. The zero-order valence-electron chi connectivity index (χ0n) is 11.5. The molecule has 2 saturated carbocycles. The van der Waals surface area contributed by atoms with Crippen LogP contribution in [0.15, 0.2) is 0 Å². The van der Waals surface area contributed by atoms with E-state index in [1.54, 1.807) is 12.8 Å². The Kier molecular flexibility index (Phi) is 9.29. The van der Waals surface area contributed by atoms with Gasteiger partial charge in [0.2, 0.25) is 0 Å². The minimum atomic E-state index is 0. The smallest absolute Gasteiger partial charge is 0.0292 e. The molecule has 2 rings (SSSR count). The van der Waals surface area contributed by atoms with Gasteiger partial charge in [-0.1, -0.05) is 62.3 Å². The van der Waals surface area contributed by atoms with Crippen LogP contribution in [0.25, 0.3) is 0 Å². The van der Waals surface area contributed by atoms with Crippen LogP contribution >= 0.6 is 0 Å². The van der Waals surface area contributed by atoms with Crippen molar-refractivity contribution in [2.45, 2.75) is 88.0 Å². The normalized spacial score (nSPS) is 34.9. The SMILES string of the molecule is C.C.CC.CC1CCC2(CC1)CC(C(C)C)C2. The van der Waals surface area contributed by atoms with Crippen molar-refractivity contribution in [1.82, 2.24) is 0 Å². The van der Waals surface area contributed by atoms with Crippen molar-refractivity contribution in [3.63, 3.8) is 0 Å². The lowest BCUT2D eigenvalue weighted by Gasteiger charge is -2.53. The van der Waals surface area contributed by atoms with Crippen molar-refractivity contribution in [3.8, 4) is 0 Å². The van der Waals surface area contributed by atoms with Crippen LogP contribution in [-0.2, 0) is 0 Å². The lowest BCUT2D eigenvalue weighted by Crippen LogP contribution is -2.41. The molecule has 0 heterocycles. The third-order valence-electron chi connectivity index (χ3n) is 4.67. The molecular weight excluding hydrogens is 204 g/mol. The first-order valence-corrected chi connectivity index (χ1v) is 7.11. The summed E-state index contributed by atoms with van der Waals surface area (Å²) in [6.07, 6.45) is 9.19. The predicted octanol–water partition coefficient (Wildman–Crippen LogP) is 6.55. The highest BCUT2D eigenvalue weighted by molar-refractivity contribution is 4.96. The lowest BCUT2D eigenvalue weighted by atomic mass is 9.52. The molecule has 0 nitrogen and oxygen atoms in total. The molecule has 0 atom stereocenters. The molecular formula is C17H38. The molecule has 0 aliphatic heterocycles. The van der Waals surface area contributed by atoms with Crippen LogP contribution in [0, 0.1) is 23.2 Å². The van der Waals surface area contributed by atoms with Gasteiger partial charge in [-0.05, 0) is 48.9 Å². The van der Waals surface area contributed by atoms with Crippen molar-refractivity contribution in [2.75, 3.05) is 0 Å². The van der Waals surface area contributed by atoms with Gasteiger partial charge in [0.1, 0.15) is 0 Å². The maximum Gasteiger partial charge on any atom is -0.0292 e. The highest BCUT2D eigenvalue weighted by Crippen LogP contribution is 2.57. The lowest BCUT2D eigenvalue weighted by molar-refractivity contribution is -0.0181. The van der Waals surface area contributed by atoms with Gasteiger partial charge < -0.3 is 0 Å². The second-order valence-corrected chi connectivity index (χ2v) is 6.09. The molecule has 0 aromatic carbocycles. The van der Waals surface area contributed by atoms with Crippen molar-refractivity contribution >= 4 is 0 Å². The average molecular weight is 242 g/mol. The Morgan fingerprint density at radius 2 is 1.35 bits per heavy atom. The zero-order valence-corrected chi connectivity index (χ0v) is 11.5. The van der Waals surface area contributed by atoms with Crippen LogP contribution in [0.1, 0.15) is 88.0 Å². The van der Waals surface area contributed by atoms with Gasteiger partial charge in [0, 0.05) is 0 Å². The van der Waals surface area contributed by atoms with Gasteiger partial charge in [-0.3, -0.25) is 0 Å². The third kappa shape index (κ3) is 4.64.